The van der Waals surface area contributed by atoms with Crippen molar-refractivity contribution >= 4 is 29.3 Å². The zero-order valence-electron chi connectivity index (χ0n) is 18.6. The molecular formula is C22H29N5O5. The van der Waals surface area contributed by atoms with Crippen LogP contribution in [0.2, 0.25) is 0 Å². The molecule has 0 aromatic carbocycles. The molecule has 2 amide bonds. The van der Waals surface area contributed by atoms with E-state index in [-0.39, 0.29) is 30.0 Å². The van der Waals surface area contributed by atoms with Crippen molar-refractivity contribution in [3.63, 3.8) is 0 Å². The zero-order chi connectivity index (χ0) is 23.3. The summed E-state index contributed by atoms with van der Waals surface area (Å²) in [5, 5.41) is 2.79. The Kier molecular flexibility index (Phi) is 7.47. The van der Waals surface area contributed by atoms with Crippen LogP contribution in [0.15, 0.2) is 18.3 Å². The Labute approximate surface area is 186 Å². The smallest absolute Gasteiger partial charge is 0.340 e. The average Bonchev–Trinajstić information content (AvgIpc) is 3.08. The molecule has 2 aromatic rings. The highest BCUT2D eigenvalue weighted by molar-refractivity contribution is 6.06. The summed E-state index contributed by atoms with van der Waals surface area (Å²) in [6.07, 6.45) is 3.22. The van der Waals surface area contributed by atoms with E-state index in [1.165, 1.54) is 7.11 Å². The maximum Gasteiger partial charge on any atom is 0.340 e. The molecule has 10 heteroatoms. The summed E-state index contributed by atoms with van der Waals surface area (Å²) < 4.78 is 10.1. The number of hydrogen-bond donors (Lipinski definition) is 3. The number of rotatable bonds is 8. The number of amides is 2. The van der Waals surface area contributed by atoms with Gasteiger partial charge >= 0.3 is 5.97 Å². The second-order valence-electron chi connectivity index (χ2n) is 7.80. The lowest BCUT2D eigenvalue weighted by Gasteiger charge is -2.32. The highest BCUT2D eigenvalue weighted by atomic mass is 16.6. The van der Waals surface area contributed by atoms with Crippen LogP contribution in [0.25, 0.3) is 0 Å². The van der Waals surface area contributed by atoms with Crippen LogP contribution in [0, 0.1) is 19.8 Å². The van der Waals surface area contributed by atoms with Crippen molar-refractivity contribution in [2.24, 2.45) is 11.7 Å². The number of piperidine rings is 1. The van der Waals surface area contributed by atoms with E-state index in [4.69, 9.17) is 15.2 Å². The third-order valence-corrected chi connectivity index (χ3v) is 5.54. The third kappa shape index (κ3) is 5.25. The van der Waals surface area contributed by atoms with Crippen LogP contribution in [-0.2, 0) is 14.3 Å². The van der Waals surface area contributed by atoms with Crippen molar-refractivity contribution < 1.29 is 23.9 Å². The predicted molar refractivity (Wildman–Crippen MR) is 119 cm³/mol. The fraction of sp³-hybridized carbons (Fsp3) is 0.455. The standard InChI is InChI=1S/C22H29N5O5/c1-13-18(22(30)32-10-9-31-3)14(2)25-19(13)21(29)26-16-6-7-17(24-11-16)27-8-4-5-15(12-27)20(23)28/h6-7,11,15,25H,4-5,8-10,12H2,1-3H3,(H2,23,28)(H,26,29). The van der Waals surface area contributed by atoms with Gasteiger partial charge in [-0.25, -0.2) is 9.78 Å². The molecule has 0 aliphatic carbocycles. The van der Waals surface area contributed by atoms with Crippen LogP contribution in [0.3, 0.4) is 0 Å². The van der Waals surface area contributed by atoms with E-state index in [1.807, 2.05) is 4.90 Å². The maximum absolute atomic E-state index is 12.8. The first-order chi connectivity index (χ1) is 15.3. The summed E-state index contributed by atoms with van der Waals surface area (Å²) in [5.41, 5.74) is 7.65. The second kappa shape index (κ2) is 10.3. The molecule has 1 atom stereocenters. The number of primary amides is 1. The van der Waals surface area contributed by atoms with E-state index < -0.39 is 5.97 Å². The maximum atomic E-state index is 12.8. The second-order valence-corrected chi connectivity index (χ2v) is 7.80. The van der Waals surface area contributed by atoms with Gasteiger partial charge in [0.05, 0.1) is 30.0 Å². The first-order valence-electron chi connectivity index (χ1n) is 10.5. The van der Waals surface area contributed by atoms with E-state index in [0.29, 0.717) is 35.7 Å². The van der Waals surface area contributed by atoms with Gasteiger partial charge in [0.15, 0.2) is 0 Å². The minimum atomic E-state index is -0.505. The van der Waals surface area contributed by atoms with Gasteiger partial charge in [0.1, 0.15) is 18.1 Å². The Morgan fingerprint density at radius 2 is 2.06 bits per heavy atom. The van der Waals surface area contributed by atoms with Gasteiger partial charge in [0, 0.05) is 25.9 Å². The number of nitrogens with zero attached hydrogens (tertiary/aromatic N) is 2. The number of hydrogen-bond acceptors (Lipinski definition) is 7. The predicted octanol–water partition coefficient (Wildman–Crippen LogP) is 1.78. The Balaban J connectivity index is 1.67. The molecule has 1 unspecified atom stereocenters. The summed E-state index contributed by atoms with van der Waals surface area (Å²) in [4.78, 5) is 46.0. The highest BCUT2D eigenvalue weighted by Crippen LogP contribution is 2.23. The first-order valence-corrected chi connectivity index (χ1v) is 10.5. The monoisotopic (exact) mass is 443 g/mol. The molecule has 0 saturated carbocycles. The van der Waals surface area contributed by atoms with Crippen molar-refractivity contribution in [2.75, 3.05) is 43.6 Å². The van der Waals surface area contributed by atoms with E-state index >= 15 is 0 Å². The molecule has 1 aliphatic rings. The van der Waals surface area contributed by atoms with E-state index in [2.05, 4.69) is 15.3 Å². The van der Waals surface area contributed by atoms with E-state index in [9.17, 15) is 14.4 Å². The molecule has 32 heavy (non-hydrogen) atoms. The number of carbonyl (C=O) groups is 3. The quantitative estimate of drug-likeness (QED) is 0.417. The Morgan fingerprint density at radius 3 is 2.72 bits per heavy atom. The molecule has 1 saturated heterocycles. The molecule has 1 aliphatic heterocycles. The van der Waals surface area contributed by atoms with E-state index in [0.717, 1.165) is 25.2 Å². The van der Waals surface area contributed by atoms with Crippen LogP contribution in [-0.4, -0.2) is 61.2 Å². The van der Waals surface area contributed by atoms with Crippen LogP contribution in [0.5, 0.6) is 0 Å². The van der Waals surface area contributed by atoms with Gasteiger partial charge in [0.25, 0.3) is 5.91 Å². The van der Waals surface area contributed by atoms with Gasteiger partial charge in [-0.2, -0.15) is 0 Å². The van der Waals surface area contributed by atoms with Gasteiger partial charge < -0.3 is 30.4 Å². The molecule has 3 heterocycles. The number of aromatic nitrogens is 2. The largest absolute Gasteiger partial charge is 0.460 e. The van der Waals surface area contributed by atoms with Crippen LogP contribution in [0.4, 0.5) is 11.5 Å². The molecule has 3 rings (SSSR count). The minimum absolute atomic E-state index is 0.135. The fourth-order valence-electron chi connectivity index (χ4n) is 3.83. The normalized spacial score (nSPS) is 16.0. The number of aromatic amines is 1. The highest BCUT2D eigenvalue weighted by Gasteiger charge is 2.25. The minimum Gasteiger partial charge on any atom is -0.460 e. The van der Waals surface area contributed by atoms with Crippen LogP contribution >= 0.6 is 0 Å². The number of pyridine rings is 1. The van der Waals surface area contributed by atoms with Crippen molar-refractivity contribution in [1.82, 2.24) is 9.97 Å². The number of esters is 1. The Morgan fingerprint density at radius 1 is 1.28 bits per heavy atom. The molecule has 10 nitrogen and oxygen atoms in total. The van der Waals surface area contributed by atoms with Crippen LogP contribution < -0.4 is 16.0 Å². The van der Waals surface area contributed by atoms with Gasteiger partial charge in [0.2, 0.25) is 5.91 Å². The number of ether oxygens (including phenoxy) is 2. The van der Waals surface area contributed by atoms with Crippen molar-refractivity contribution in [3.8, 4) is 0 Å². The Bertz CT molecular complexity index is 985. The molecule has 2 aromatic heterocycles. The summed E-state index contributed by atoms with van der Waals surface area (Å²) in [7, 11) is 1.52. The van der Waals surface area contributed by atoms with Crippen molar-refractivity contribution in [3.05, 3.63) is 40.8 Å². The number of nitrogens with two attached hydrogens (primary N) is 1. The fourth-order valence-corrected chi connectivity index (χ4v) is 3.83. The topological polar surface area (TPSA) is 140 Å². The summed E-state index contributed by atoms with van der Waals surface area (Å²) in [5.74, 6) is -0.643. The number of nitrogens with one attached hydrogen (secondary N) is 2. The molecule has 0 bridgehead atoms. The van der Waals surface area contributed by atoms with E-state index in [1.54, 1.807) is 32.2 Å². The number of aryl methyl sites for hydroxylation is 1. The molecule has 0 radical (unpaired) electrons. The van der Waals surface area contributed by atoms with Gasteiger partial charge in [-0.05, 0) is 44.4 Å². The van der Waals surface area contributed by atoms with Crippen LogP contribution in [0.1, 0.15) is 44.9 Å². The lowest BCUT2D eigenvalue weighted by atomic mass is 9.97. The summed E-state index contributed by atoms with van der Waals surface area (Å²) in [6, 6.07) is 3.55. The zero-order valence-corrected chi connectivity index (χ0v) is 18.6. The lowest BCUT2D eigenvalue weighted by molar-refractivity contribution is -0.122. The number of methoxy groups -OCH3 is 1. The molecule has 0 spiro atoms. The summed E-state index contributed by atoms with van der Waals surface area (Å²) >= 11 is 0. The van der Waals surface area contributed by atoms with Crippen molar-refractivity contribution in [1.29, 1.82) is 0 Å². The lowest BCUT2D eigenvalue weighted by Crippen LogP contribution is -2.41. The number of H-pyrrole nitrogens is 1. The molecule has 1 fully saturated rings. The van der Waals surface area contributed by atoms with Gasteiger partial charge in [-0.15, -0.1) is 0 Å². The molecule has 4 N–H and O–H groups in total. The average molecular weight is 444 g/mol. The Hall–Kier alpha value is -3.40. The number of carbonyl (C=O) groups excluding carboxylic acids is 3. The number of anilines is 2. The SMILES string of the molecule is COCCOC(=O)c1c(C)[nH]c(C(=O)Nc2ccc(N3CCCC(C(N)=O)C3)nc2)c1C. The molecular weight excluding hydrogens is 414 g/mol. The van der Waals surface area contributed by atoms with Gasteiger partial charge in [-0.1, -0.05) is 0 Å². The van der Waals surface area contributed by atoms with Crippen molar-refractivity contribution in [2.45, 2.75) is 26.7 Å². The third-order valence-electron chi connectivity index (χ3n) is 5.54. The summed E-state index contributed by atoms with van der Waals surface area (Å²) in [6.45, 7) is 5.18. The molecule has 172 valence electrons. The first kappa shape index (κ1) is 23.3. The van der Waals surface area contributed by atoms with Gasteiger partial charge in [-0.3, -0.25) is 9.59 Å².